The molecule has 5 rings (SSSR count). The molecule has 1 saturated carbocycles. The van der Waals surface area contributed by atoms with Gasteiger partial charge in [-0.3, -0.25) is 9.78 Å². The summed E-state index contributed by atoms with van der Waals surface area (Å²) in [5.74, 6) is -0.301. The number of pyridine rings is 1. The van der Waals surface area contributed by atoms with Crippen molar-refractivity contribution < 1.29 is 19.4 Å². The first kappa shape index (κ1) is 26.9. The van der Waals surface area contributed by atoms with Crippen LogP contribution >= 0.6 is 0 Å². The monoisotopic (exact) mass is 527 g/mol. The normalized spacial score (nSPS) is 21.5. The van der Waals surface area contributed by atoms with Crippen LogP contribution in [-0.2, 0) is 20.5 Å². The maximum absolute atomic E-state index is 13.3. The van der Waals surface area contributed by atoms with Gasteiger partial charge in [0.25, 0.3) is 0 Å². The van der Waals surface area contributed by atoms with Crippen molar-refractivity contribution in [3.63, 3.8) is 0 Å². The molecular weight excluding hydrogens is 490 g/mol. The van der Waals surface area contributed by atoms with Crippen molar-refractivity contribution in [2.24, 2.45) is 5.73 Å². The minimum absolute atomic E-state index is 0.183. The van der Waals surface area contributed by atoms with Gasteiger partial charge >= 0.3 is 6.09 Å². The zero-order chi connectivity index (χ0) is 27.8. The minimum Gasteiger partial charge on any atom is -0.438 e. The van der Waals surface area contributed by atoms with Gasteiger partial charge in [-0.2, -0.15) is 0 Å². The Morgan fingerprint density at radius 2 is 1.72 bits per heavy atom. The molecule has 7 heteroatoms. The van der Waals surface area contributed by atoms with E-state index in [1.807, 2.05) is 73.7 Å². The van der Waals surface area contributed by atoms with Crippen LogP contribution < -0.4 is 5.73 Å². The van der Waals surface area contributed by atoms with Gasteiger partial charge < -0.3 is 20.5 Å². The molecule has 3 N–H and O–H groups in total. The third-order valence-electron chi connectivity index (χ3n) is 8.42. The van der Waals surface area contributed by atoms with Crippen molar-refractivity contribution in [2.45, 2.75) is 75.5 Å². The largest absolute Gasteiger partial charge is 0.438 e. The molecule has 1 aliphatic heterocycles. The van der Waals surface area contributed by atoms with Gasteiger partial charge in [-0.15, -0.1) is 0 Å². The van der Waals surface area contributed by atoms with Gasteiger partial charge in [0.2, 0.25) is 5.91 Å². The molecule has 39 heavy (non-hydrogen) atoms. The van der Waals surface area contributed by atoms with Crippen LogP contribution in [-0.4, -0.2) is 39.1 Å². The van der Waals surface area contributed by atoms with Crippen LogP contribution in [0.25, 0.3) is 11.1 Å². The first-order valence-corrected chi connectivity index (χ1v) is 13.7. The SMILES string of the molecule is CC(c1ccc(-c2ccc(C3(C(N)=O)CCC3)nc2)cc1)N1CCC(CC(C)(C)O)(c2ccccc2)OC1=O. The highest BCUT2D eigenvalue weighted by Gasteiger charge is 2.47. The Bertz CT molecular complexity index is 1330. The Morgan fingerprint density at radius 1 is 1.05 bits per heavy atom. The van der Waals surface area contributed by atoms with Crippen LogP contribution in [0.5, 0.6) is 0 Å². The van der Waals surface area contributed by atoms with Crippen molar-refractivity contribution in [2.75, 3.05) is 6.54 Å². The highest BCUT2D eigenvalue weighted by molar-refractivity contribution is 5.87. The second kappa shape index (κ2) is 10.1. The number of nitrogens with two attached hydrogens (primary N) is 1. The zero-order valence-corrected chi connectivity index (χ0v) is 22.9. The van der Waals surface area contributed by atoms with E-state index in [-0.39, 0.29) is 18.0 Å². The predicted molar refractivity (Wildman–Crippen MR) is 150 cm³/mol. The number of aromatic nitrogens is 1. The minimum atomic E-state index is -0.995. The fraction of sp³-hybridized carbons (Fsp3) is 0.406. The Kier molecular flexibility index (Phi) is 6.97. The van der Waals surface area contributed by atoms with Crippen LogP contribution in [0.1, 0.15) is 75.7 Å². The summed E-state index contributed by atoms with van der Waals surface area (Å²) in [4.78, 5) is 31.7. The molecule has 2 fully saturated rings. The highest BCUT2D eigenvalue weighted by Crippen LogP contribution is 2.44. The molecule has 1 aromatic heterocycles. The summed E-state index contributed by atoms with van der Waals surface area (Å²) in [6.45, 7) is 6.00. The maximum atomic E-state index is 13.3. The summed E-state index contributed by atoms with van der Waals surface area (Å²) >= 11 is 0. The molecule has 1 saturated heterocycles. The molecule has 0 spiro atoms. The molecule has 2 amide bonds. The van der Waals surface area contributed by atoms with Crippen molar-refractivity contribution in [3.05, 3.63) is 89.7 Å². The first-order valence-electron chi connectivity index (χ1n) is 13.7. The second-order valence-electron chi connectivity index (χ2n) is 11.7. The van der Waals surface area contributed by atoms with Gasteiger partial charge in [-0.25, -0.2) is 4.79 Å². The molecule has 2 heterocycles. The third-order valence-corrected chi connectivity index (χ3v) is 8.42. The number of ether oxygens (including phenoxy) is 1. The van der Waals surface area contributed by atoms with E-state index in [1.165, 1.54) is 0 Å². The van der Waals surface area contributed by atoms with Crippen molar-refractivity contribution in [1.82, 2.24) is 9.88 Å². The second-order valence-corrected chi connectivity index (χ2v) is 11.7. The molecule has 2 atom stereocenters. The molecule has 0 radical (unpaired) electrons. The lowest BCUT2D eigenvalue weighted by Gasteiger charge is -2.45. The van der Waals surface area contributed by atoms with Gasteiger partial charge in [0.15, 0.2) is 0 Å². The number of carbonyl (C=O) groups is 2. The number of carbonyl (C=O) groups excluding carboxylic acids is 2. The standard InChI is InChI=1S/C32H37N3O4/c1-22(35-19-18-32(39-29(35)37,21-30(2,3)38)26-8-5-4-6-9-26)23-10-12-24(13-11-23)25-14-15-27(34-20-25)31(28(33)36)16-7-17-31/h4-6,8-15,20,22,38H,7,16-19,21H2,1-3H3,(H2,33,36). The summed E-state index contributed by atoms with van der Waals surface area (Å²) in [6.07, 6.45) is 4.81. The Hall–Kier alpha value is -3.71. The number of benzene rings is 2. The van der Waals surface area contributed by atoms with Crippen molar-refractivity contribution in [1.29, 1.82) is 0 Å². The van der Waals surface area contributed by atoms with Crippen LogP contribution in [0.4, 0.5) is 4.79 Å². The molecule has 204 valence electrons. The molecule has 2 aromatic carbocycles. The summed E-state index contributed by atoms with van der Waals surface area (Å²) in [7, 11) is 0. The van der Waals surface area contributed by atoms with Gasteiger partial charge in [0.05, 0.1) is 22.8 Å². The molecule has 7 nitrogen and oxygen atoms in total. The van der Waals surface area contributed by atoms with Crippen LogP contribution in [0, 0.1) is 0 Å². The summed E-state index contributed by atoms with van der Waals surface area (Å²) in [5.41, 5.74) is 7.78. The Labute approximate surface area is 230 Å². The van der Waals surface area contributed by atoms with Gasteiger partial charge in [0.1, 0.15) is 5.60 Å². The van der Waals surface area contributed by atoms with E-state index in [9.17, 15) is 14.7 Å². The Morgan fingerprint density at radius 3 is 2.23 bits per heavy atom. The number of primary amides is 1. The van der Waals surface area contributed by atoms with Crippen LogP contribution in [0.3, 0.4) is 0 Å². The van der Waals surface area contributed by atoms with Gasteiger partial charge in [-0.1, -0.05) is 67.1 Å². The quantitative estimate of drug-likeness (QED) is 0.396. The van der Waals surface area contributed by atoms with Crippen LogP contribution in [0.15, 0.2) is 72.9 Å². The lowest BCUT2D eigenvalue weighted by Crippen LogP contribution is -2.51. The molecule has 0 bridgehead atoms. The topological polar surface area (TPSA) is 106 Å². The first-order chi connectivity index (χ1) is 18.5. The smallest absolute Gasteiger partial charge is 0.411 e. The number of amides is 2. The fourth-order valence-electron chi connectivity index (χ4n) is 6.03. The number of aliphatic hydroxyl groups is 1. The maximum Gasteiger partial charge on any atom is 0.411 e. The van der Waals surface area contributed by atoms with Crippen molar-refractivity contribution in [3.8, 4) is 11.1 Å². The number of rotatable bonds is 8. The molecule has 2 unspecified atom stereocenters. The third kappa shape index (κ3) is 5.15. The van der Waals surface area contributed by atoms with Gasteiger partial charge in [-0.05, 0) is 56.4 Å². The molecule has 1 aliphatic carbocycles. The van der Waals surface area contributed by atoms with Crippen molar-refractivity contribution >= 4 is 12.0 Å². The van der Waals surface area contributed by atoms with E-state index in [4.69, 9.17) is 10.5 Å². The summed E-state index contributed by atoms with van der Waals surface area (Å²) < 4.78 is 6.14. The predicted octanol–water partition coefficient (Wildman–Crippen LogP) is 5.62. The number of nitrogens with zero attached hydrogens (tertiary/aromatic N) is 2. The van der Waals surface area contributed by atoms with E-state index >= 15 is 0 Å². The molecule has 2 aliphatic rings. The summed E-state index contributed by atoms with van der Waals surface area (Å²) in [6, 6.07) is 21.5. The fourth-order valence-corrected chi connectivity index (χ4v) is 6.03. The van der Waals surface area contributed by atoms with E-state index in [0.29, 0.717) is 19.4 Å². The number of cyclic esters (lactones) is 1. The van der Waals surface area contributed by atoms with E-state index < -0.39 is 16.6 Å². The average Bonchev–Trinajstić information content (AvgIpc) is 2.88. The molecule has 3 aromatic rings. The lowest BCUT2D eigenvalue weighted by atomic mass is 9.66. The highest BCUT2D eigenvalue weighted by atomic mass is 16.6. The van der Waals surface area contributed by atoms with Gasteiger partial charge in [0, 0.05) is 31.1 Å². The Balaban J connectivity index is 1.30. The van der Waals surface area contributed by atoms with Crippen LogP contribution in [0.2, 0.25) is 0 Å². The number of hydrogen-bond donors (Lipinski definition) is 2. The van der Waals surface area contributed by atoms with E-state index in [0.717, 1.165) is 47.2 Å². The van der Waals surface area contributed by atoms with E-state index in [1.54, 1.807) is 24.9 Å². The van der Waals surface area contributed by atoms with E-state index in [2.05, 4.69) is 4.98 Å². The lowest BCUT2D eigenvalue weighted by molar-refractivity contribution is -0.126. The zero-order valence-electron chi connectivity index (χ0n) is 22.9. The summed E-state index contributed by atoms with van der Waals surface area (Å²) in [5, 5.41) is 10.6. The number of hydrogen-bond acceptors (Lipinski definition) is 5. The average molecular weight is 528 g/mol. The molecular formula is C32H37N3O4.